The number of carbonyl (C=O) groups excluding carboxylic acids is 2. The van der Waals surface area contributed by atoms with Gasteiger partial charge in [-0.2, -0.15) is 11.8 Å². The molecule has 2 rings (SSSR count). The predicted molar refractivity (Wildman–Crippen MR) is 91.1 cm³/mol. The zero-order valence-electron chi connectivity index (χ0n) is 13.1. The Hall–Kier alpha value is -1.40. The van der Waals surface area contributed by atoms with Crippen molar-refractivity contribution in [2.24, 2.45) is 5.92 Å². The predicted octanol–water partition coefficient (Wildman–Crippen LogP) is 2.30. The van der Waals surface area contributed by atoms with Crippen molar-refractivity contribution < 1.29 is 19.1 Å². The van der Waals surface area contributed by atoms with Crippen molar-refractivity contribution in [2.75, 3.05) is 25.7 Å². The molecule has 1 N–H and O–H groups in total. The van der Waals surface area contributed by atoms with E-state index < -0.39 is 12.0 Å². The van der Waals surface area contributed by atoms with Gasteiger partial charge in [-0.25, -0.2) is 4.79 Å². The Morgan fingerprint density at radius 3 is 3.00 bits per heavy atom. The summed E-state index contributed by atoms with van der Waals surface area (Å²) in [5.74, 6) is 0.548. The number of carbonyl (C=O) groups is 2. The molecule has 5 nitrogen and oxygen atoms in total. The van der Waals surface area contributed by atoms with Crippen LogP contribution in [0, 0.1) is 5.92 Å². The molecule has 0 aromatic heterocycles. The fraction of sp³-hybridized carbons (Fsp3) is 0.500. The summed E-state index contributed by atoms with van der Waals surface area (Å²) < 4.78 is 10.4. The van der Waals surface area contributed by atoms with Crippen LogP contribution in [-0.2, 0) is 20.7 Å². The van der Waals surface area contributed by atoms with E-state index in [-0.39, 0.29) is 18.4 Å². The fourth-order valence-electron chi connectivity index (χ4n) is 2.45. The molecule has 0 bridgehead atoms. The summed E-state index contributed by atoms with van der Waals surface area (Å²) in [5, 5.41) is 3.39. The van der Waals surface area contributed by atoms with E-state index in [1.54, 1.807) is 17.8 Å². The lowest BCUT2D eigenvalue weighted by Gasteiger charge is -2.26. The lowest BCUT2D eigenvalue weighted by molar-refractivity contribution is -0.145. The average Bonchev–Trinajstić information content (AvgIpc) is 2.56. The first-order chi connectivity index (χ1) is 11.0. The summed E-state index contributed by atoms with van der Waals surface area (Å²) >= 11 is 7.60. The largest absolute Gasteiger partial charge is 0.492 e. The molecule has 0 saturated carbocycles. The van der Waals surface area contributed by atoms with E-state index in [0.29, 0.717) is 17.9 Å². The van der Waals surface area contributed by atoms with Crippen molar-refractivity contribution in [1.82, 2.24) is 5.32 Å². The Labute approximate surface area is 145 Å². The van der Waals surface area contributed by atoms with Gasteiger partial charge in [0.15, 0.2) is 0 Å². The van der Waals surface area contributed by atoms with E-state index >= 15 is 0 Å². The number of thioether (sulfide) groups is 1. The quantitative estimate of drug-likeness (QED) is 0.791. The molecule has 0 spiro atoms. The SMILES string of the molecule is COC(=O)[C@@H](CCSC)NC(=O)[C@H]1COc2ccc(Cl)cc2C1. The van der Waals surface area contributed by atoms with Crippen LogP contribution >= 0.6 is 23.4 Å². The smallest absolute Gasteiger partial charge is 0.328 e. The second-order valence-corrected chi connectivity index (χ2v) is 6.75. The van der Waals surface area contributed by atoms with Gasteiger partial charge in [0.2, 0.25) is 5.91 Å². The molecule has 0 radical (unpaired) electrons. The van der Waals surface area contributed by atoms with E-state index in [1.165, 1.54) is 7.11 Å². The van der Waals surface area contributed by atoms with Gasteiger partial charge in [0.25, 0.3) is 0 Å². The maximum atomic E-state index is 12.4. The number of hydrogen-bond acceptors (Lipinski definition) is 5. The molecule has 0 aliphatic carbocycles. The Kier molecular flexibility index (Phi) is 6.59. The number of amides is 1. The van der Waals surface area contributed by atoms with Crippen LogP contribution in [0.1, 0.15) is 12.0 Å². The van der Waals surface area contributed by atoms with E-state index in [0.717, 1.165) is 17.1 Å². The zero-order valence-corrected chi connectivity index (χ0v) is 14.7. The van der Waals surface area contributed by atoms with Gasteiger partial charge < -0.3 is 14.8 Å². The Balaban J connectivity index is 2.01. The molecular weight excluding hydrogens is 338 g/mol. The van der Waals surface area contributed by atoms with Gasteiger partial charge in [-0.1, -0.05) is 11.6 Å². The van der Waals surface area contributed by atoms with Crippen molar-refractivity contribution >= 4 is 35.2 Å². The van der Waals surface area contributed by atoms with Crippen molar-refractivity contribution in [3.05, 3.63) is 28.8 Å². The fourth-order valence-corrected chi connectivity index (χ4v) is 3.11. The van der Waals surface area contributed by atoms with Crippen LogP contribution < -0.4 is 10.1 Å². The molecule has 23 heavy (non-hydrogen) atoms. The van der Waals surface area contributed by atoms with E-state index in [4.69, 9.17) is 21.1 Å². The number of esters is 1. The molecular formula is C16H20ClNO4S. The van der Waals surface area contributed by atoms with Crippen molar-refractivity contribution in [2.45, 2.75) is 18.9 Å². The molecule has 1 heterocycles. The Morgan fingerprint density at radius 2 is 2.30 bits per heavy atom. The number of ether oxygens (including phenoxy) is 2. The molecule has 1 amide bonds. The van der Waals surface area contributed by atoms with Crippen molar-refractivity contribution in [1.29, 1.82) is 0 Å². The first-order valence-electron chi connectivity index (χ1n) is 7.33. The van der Waals surface area contributed by atoms with Crippen molar-refractivity contribution in [3.63, 3.8) is 0 Å². The van der Waals surface area contributed by atoms with E-state index in [1.807, 2.05) is 18.4 Å². The third kappa shape index (κ3) is 4.78. The number of methoxy groups -OCH3 is 1. The molecule has 0 saturated heterocycles. The summed E-state index contributed by atoms with van der Waals surface area (Å²) in [6.07, 6.45) is 3.03. The van der Waals surface area contributed by atoms with Crippen LogP contribution in [0.2, 0.25) is 5.02 Å². The highest BCUT2D eigenvalue weighted by atomic mass is 35.5. The molecule has 0 unspecified atom stereocenters. The Morgan fingerprint density at radius 1 is 1.52 bits per heavy atom. The van der Waals surface area contributed by atoms with Crippen LogP contribution in [0.5, 0.6) is 5.75 Å². The minimum Gasteiger partial charge on any atom is -0.492 e. The molecule has 0 fully saturated rings. The lowest BCUT2D eigenvalue weighted by Crippen LogP contribution is -2.46. The molecule has 1 aromatic carbocycles. The molecule has 1 aromatic rings. The molecule has 7 heteroatoms. The number of rotatable bonds is 6. The van der Waals surface area contributed by atoms with Gasteiger partial charge in [-0.05, 0) is 48.6 Å². The van der Waals surface area contributed by atoms with Crippen LogP contribution in [-0.4, -0.2) is 43.6 Å². The normalized spacial score (nSPS) is 17.6. The first-order valence-corrected chi connectivity index (χ1v) is 9.10. The van der Waals surface area contributed by atoms with E-state index in [2.05, 4.69) is 5.32 Å². The summed E-state index contributed by atoms with van der Waals surface area (Å²) in [5.41, 5.74) is 0.905. The van der Waals surface area contributed by atoms with E-state index in [9.17, 15) is 9.59 Å². The van der Waals surface area contributed by atoms with Gasteiger partial charge in [0, 0.05) is 5.02 Å². The summed E-state index contributed by atoms with van der Waals surface area (Å²) in [6.45, 7) is 0.289. The summed E-state index contributed by atoms with van der Waals surface area (Å²) in [7, 11) is 1.32. The summed E-state index contributed by atoms with van der Waals surface area (Å²) in [4.78, 5) is 24.2. The number of fused-ring (bicyclic) bond motifs is 1. The minimum atomic E-state index is -0.624. The average molecular weight is 358 g/mol. The summed E-state index contributed by atoms with van der Waals surface area (Å²) in [6, 6.07) is 4.75. The first kappa shape index (κ1) is 17.9. The zero-order chi connectivity index (χ0) is 16.8. The molecule has 126 valence electrons. The number of halogens is 1. The van der Waals surface area contributed by atoms with Gasteiger partial charge in [0.05, 0.1) is 13.0 Å². The number of hydrogen-bond donors (Lipinski definition) is 1. The van der Waals surface area contributed by atoms with Crippen molar-refractivity contribution in [3.8, 4) is 5.75 Å². The second-order valence-electron chi connectivity index (χ2n) is 5.33. The third-order valence-corrected chi connectivity index (χ3v) is 4.59. The minimum absolute atomic E-state index is 0.202. The number of benzene rings is 1. The van der Waals surface area contributed by atoms with Gasteiger partial charge in [0.1, 0.15) is 18.4 Å². The van der Waals surface area contributed by atoms with Crippen LogP contribution in [0.3, 0.4) is 0 Å². The van der Waals surface area contributed by atoms with Gasteiger partial charge >= 0.3 is 5.97 Å². The molecule has 1 aliphatic rings. The van der Waals surface area contributed by atoms with Crippen LogP contribution in [0.4, 0.5) is 0 Å². The second kappa shape index (κ2) is 8.45. The van der Waals surface area contributed by atoms with Gasteiger partial charge in [-0.15, -0.1) is 0 Å². The standard InChI is InChI=1S/C16H20ClNO4S/c1-21-16(20)13(5-6-23-2)18-15(19)11-7-10-8-12(17)3-4-14(10)22-9-11/h3-4,8,11,13H,5-7,9H2,1-2H3,(H,18,19)/t11-,13-/m1/s1. The third-order valence-electron chi connectivity index (χ3n) is 3.71. The highest BCUT2D eigenvalue weighted by Gasteiger charge is 2.29. The highest BCUT2D eigenvalue weighted by Crippen LogP contribution is 2.29. The molecule has 1 aliphatic heterocycles. The number of nitrogens with one attached hydrogen (secondary N) is 1. The lowest BCUT2D eigenvalue weighted by atomic mass is 9.95. The highest BCUT2D eigenvalue weighted by molar-refractivity contribution is 7.98. The topological polar surface area (TPSA) is 64.6 Å². The maximum Gasteiger partial charge on any atom is 0.328 e. The molecule has 2 atom stereocenters. The van der Waals surface area contributed by atoms with Crippen LogP contribution in [0.25, 0.3) is 0 Å². The monoisotopic (exact) mass is 357 g/mol. The van der Waals surface area contributed by atoms with Crippen LogP contribution in [0.15, 0.2) is 18.2 Å². The Bertz CT molecular complexity index is 581. The maximum absolute atomic E-state index is 12.4. The van der Waals surface area contributed by atoms with Gasteiger partial charge in [-0.3, -0.25) is 4.79 Å².